The van der Waals surface area contributed by atoms with Crippen LogP contribution in [0.1, 0.15) is 47.1 Å². The molecule has 0 aromatic heterocycles. The van der Waals surface area contributed by atoms with E-state index in [1.165, 1.54) is 0 Å². The molecule has 4 N–H and O–H groups in total. The Labute approximate surface area is 154 Å². The Bertz CT molecular complexity index is 678. The molecule has 0 fully saturated rings. The Morgan fingerprint density at radius 3 is 2.38 bits per heavy atom. The molecule has 8 heteroatoms. The summed E-state index contributed by atoms with van der Waals surface area (Å²) >= 11 is 0. The highest BCUT2D eigenvalue weighted by Gasteiger charge is 2.23. The number of benzene rings is 1. The minimum atomic E-state index is -1.10. The molecule has 0 radical (unpaired) electrons. The molecule has 0 aliphatic rings. The molecule has 8 nitrogen and oxygen atoms in total. The summed E-state index contributed by atoms with van der Waals surface area (Å²) in [6.45, 7) is 11.2. The molecule has 0 saturated heterocycles. The van der Waals surface area contributed by atoms with E-state index in [1.807, 2.05) is 13.0 Å². The number of carbonyl (C=O) groups excluding carboxylic acids is 1. The van der Waals surface area contributed by atoms with Gasteiger partial charge in [0.25, 0.3) is 0 Å². The lowest BCUT2D eigenvalue weighted by atomic mass is 9.94. The van der Waals surface area contributed by atoms with Gasteiger partial charge in [-0.3, -0.25) is 10.3 Å². The maximum atomic E-state index is 12.0. The molecule has 0 spiro atoms. The Kier molecular flexibility index (Phi) is 7.00. The topological polar surface area (TPSA) is 112 Å². The number of hydrogen-bond acceptors (Lipinski definition) is 4. The molecule has 26 heavy (non-hydrogen) atoms. The van der Waals surface area contributed by atoms with Crippen LogP contribution in [0.15, 0.2) is 29.3 Å². The van der Waals surface area contributed by atoms with Gasteiger partial charge in [-0.15, -0.1) is 0 Å². The first-order valence-electron chi connectivity index (χ1n) is 8.36. The normalized spacial score (nSPS) is 12.3. The van der Waals surface area contributed by atoms with E-state index in [2.05, 4.69) is 20.9 Å². The van der Waals surface area contributed by atoms with Crippen LogP contribution >= 0.6 is 0 Å². The van der Waals surface area contributed by atoms with E-state index in [0.29, 0.717) is 12.2 Å². The molecular weight excluding hydrogens is 336 g/mol. The summed E-state index contributed by atoms with van der Waals surface area (Å²) in [5.41, 5.74) is 0.0296. The summed E-state index contributed by atoms with van der Waals surface area (Å²) in [4.78, 5) is 27.1. The zero-order valence-electron chi connectivity index (χ0n) is 16.1. The summed E-state index contributed by atoms with van der Waals surface area (Å²) in [5.74, 6) is 0.253. The SMILES string of the molecule is CCN=C(NC(=O)OC(C)(C)C)Nc1cccc(C(C)(C)NC(=O)O)c1. The van der Waals surface area contributed by atoms with Gasteiger partial charge in [0.1, 0.15) is 5.60 Å². The number of alkyl carbamates (subject to hydrolysis) is 1. The number of rotatable bonds is 4. The third-order valence-corrected chi connectivity index (χ3v) is 3.20. The lowest BCUT2D eigenvalue weighted by Gasteiger charge is -2.26. The van der Waals surface area contributed by atoms with Gasteiger partial charge in [0.05, 0.1) is 5.54 Å². The van der Waals surface area contributed by atoms with E-state index in [9.17, 15) is 9.59 Å². The zero-order valence-corrected chi connectivity index (χ0v) is 16.1. The van der Waals surface area contributed by atoms with Gasteiger partial charge in [0.2, 0.25) is 5.96 Å². The predicted molar refractivity (Wildman–Crippen MR) is 102 cm³/mol. The number of ether oxygens (including phenoxy) is 1. The average molecular weight is 364 g/mol. The van der Waals surface area contributed by atoms with E-state index in [1.54, 1.807) is 52.8 Å². The molecule has 1 aromatic carbocycles. The minimum absolute atomic E-state index is 0.253. The quantitative estimate of drug-likeness (QED) is 0.482. The fourth-order valence-corrected chi connectivity index (χ4v) is 2.13. The number of hydrogen-bond donors (Lipinski definition) is 4. The van der Waals surface area contributed by atoms with Crippen molar-refractivity contribution in [1.29, 1.82) is 0 Å². The molecule has 1 rings (SSSR count). The number of guanidine groups is 1. The van der Waals surface area contributed by atoms with Gasteiger partial charge >= 0.3 is 12.2 Å². The molecule has 0 bridgehead atoms. The van der Waals surface area contributed by atoms with E-state index in [-0.39, 0.29) is 5.96 Å². The first-order chi connectivity index (χ1) is 11.9. The van der Waals surface area contributed by atoms with Crippen molar-refractivity contribution in [3.8, 4) is 0 Å². The molecule has 1 aromatic rings. The highest BCUT2D eigenvalue weighted by molar-refractivity contribution is 6.02. The zero-order chi connectivity index (χ0) is 20.0. The average Bonchev–Trinajstić information content (AvgIpc) is 2.44. The number of nitrogens with zero attached hydrogens (tertiary/aromatic N) is 1. The van der Waals surface area contributed by atoms with Gasteiger partial charge in [-0.2, -0.15) is 0 Å². The maximum absolute atomic E-state index is 12.0. The smallest absolute Gasteiger partial charge is 0.414 e. The van der Waals surface area contributed by atoms with Crippen molar-refractivity contribution in [2.24, 2.45) is 4.99 Å². The van der Waals surface area contributed by atoms with Gasteiger partial charge in [0.15, 0.2) is 0 Å². The lowest BCUT2D eigenvalue weighted by Crippen LogP contribution is -2.41. The Morgan fingerprint density at radius 1 is 1.19 bits per heavy atom. The standard InChI is InChI=1S/C18H28N4O4/c1-7-19-14(21-16(25)26-17(2,3)4)20-13-10-8-9-12(11-13)18(5,6)22-15(23)24/h8-11,22H,7H2,1-6H3,(H,23,24)(H2,19,20,21,25). The highest BCUT2D eigenvalue weighted by Crippen LogP contribution is 2.23. The van der Waals surface area contributed by atoms with Crippen LogP contribution < -0.4 is 16.0 Å². The fraction of sp³-hybridized carbons (Fsp3) is 0.500. The molecule has 0 saturated carbocycles. The van der Waals surface area contributed by atoms with Crippen molar-refractivity contribution in [2.75, 3.05) is 11.9 Å². The van der Waals surface area contributed by atoms with Crippen LogP contribution in [-0.2, 0) is 10.3 Å². The number of nitrogens with one attached hydrogen (secondary N) is 3. The molecule has 0 heterocycles. The number of carbonyl (C=O) groups is 2. The van der Waals surface area contributed by atoms with E-state index in [0.717, 1.165) is 5.56 Å². The second kappa shape index (κ2) is 8.55. The number of amides is 2. The molecular formula is C18H28N4O4. The van der Waals surface area contributed by atoms with Crippen LogP contribution in [0.4, 0.5) is 15.3 Å². The van der Waals surface area contributed by atoms with Crippen LogP contribution in [0.2, 0.25) is 0 Å². The second-order valence-electron chi connectivity index (χ2n) is 7.21. The van der Waals surface area contributed by atoms with Crippen LogP contribution in [0.25, 0.3) is 0 Å². The highest BCUT2D eigenvalue weighted by atomic mass is 16.6. The summed E-state index contributed by atoms with van der Waals surface area (Å²) < 4.78 is 5.23. The van der Waals surface area contributed by atoms with Crippen molar-refractivity contribution < 1.29 is 19.4 Å². The number of aliphatic imine (C=N–C) groups is 1. The van der Waals surface area contributed by atoms with Gasteiger partial charge in [-0.25, -0.2) is 9.59 Å². The molecule has 0 atom stereocenters. The number of carboxylic acid groups (broad SMARTS) is 1. The maximum Gasteiger partial charge on any atom is 0.414 e. The summed E-state index contributed by atoms with van der Waals surface area (Å²) in [6.07, 6.45) is -1.71. The fourth-order valence-electron chi connectivity index (χ4n) is 2.13. The Morgan fingerprint density at radius 2 is 1.85 bits per heavy atom. The van der Waals surface area contributed by atoms with E-state index < -0.39 is 23.3 Å². The summed E-state index contributed by atoms with van der Waals surface area (Å²) in [7, 11) is 0. The van der Waals surface area contributed by atoms with Gasteiger partial charge < -0.3 is 20.5 Å². The molecule has 0 aliphatic heterocycles. The first kappa shape index (κ1) is 21.3. The Hall–Kier alpha value is -2.77. The van der Waals surface area contributed by atoms with Crippen molar-refractivity contribution in [2.45, 2.75) is 52.7 Å². The monoisotopic (exact) mass is 364 g/mol. The van der Waals surface area contributed by atoms with Crippen molar-refractivity contribution in [1.82, 2.24) is 10.6 Å². The first-order valence-corrected chi connectivity index (χ1v) is 8.36. The Balaban J connectivity index is 2.93. The van der Waals surface area contributed by atoms with Crippen molar-refractivity contribution in [3.05, 3.63) is 29.8 Å². The molecule has 144 valence electrons. The van der Waals surface area contributed by atoms with Crippen molar-refractivity contribution in [3.63, 3.8) is 0 Å². The van der Waals surface area contributed by atoms with Gasteiger partial charge in [-0.1, -0.05) is 12.1 Å². The largest absolute Gasteiger partial charge is 0.465 e. The molecule has 2 amide bonds. The lowest BCUT2D eigenvalue weighted by molar-refractivity contribution is 0.0563. The van der Waals surface area contributed by atoms with Gasteiger partial charge in [0, 0.05) is 12.2 Å². The number of anilines is 1. The minimum Gasteiger partial charge on any atom is -0.465 e. The van der Waals surface area contributed by atoms with Crippen LogP contribution in [0.5, 0.6) is 0 Å². The third kappa shape index (κ3) is 7.42. The second-order valence-corrected chi connectivity index (χ2v) is 7.21. The van der Waals surface area contributed by atoms with E-state index in [4.69, 9.17) is 9.84 Å². The molecule has 0 aliphatic carbocycles. The predicted octanol–water partition coefficient (Wildman–Crippen LogP) is 3.50. The third-order valence-electron chi connectivity index (χ3n) is 3.20. The van der Waals surface area contributed by atoms with Crippen LogP contribution in [0.3, 0.4) is 0 Å². The van der Waals surface area contributed by atoms with Gasteiger partial charge in [-0.05, 0) is 59.2 Å². The van der Waals surface area contributed by atoms with Crippen LogP contribution in [0, 0.1) is 0 Å². The summed E-state index contributed by atoms with van der Waals surface area (Å²) in [6, 6.07) is 7.19. The van der Waals surface area contributed by atoms with E-state index >= 15 is 0 Å². The summed E-state index contributed by atoms with van der Waals surface area (Å²) in [5, 5.41) is 17.1. The van der Waals surface area contributed by atoms with Crippen LogP contribution in [-0.4, -0.2) is 35.4 Å². The van der Waals surface area contributed by atoms with Crippen molar-refractivity contribution >= 4 is 23.8 Å². The molecule has 0 unspecified atom stereocenters.